The van der Waals surface area contributed by atoms with E-state index in [1.807, 2.05) is 5.32 Å². The number of hydrogen-bond donors (Lipinski definition) is 2. The van der Waals surface area contributed by atoms with Gasteiger partial charge in [0, 0.05) is 13.1 Å². The van der Waals surface area contributed by atoms with E-state index in [1.54, 1.807) is 0 Å². The van der Waals surface area contributed by atoms with E-state index in [-0.39, 0.29) is 0 Å². The lowest BCUT2D eigenvalue weighted by Gasteiger charge is -2.25. The first-order chi connectivity index (χ1) is 5.70. The fourth-order valence-corrected chi connectivity index (χ4v) is 1.27. The molecule has 0 aromatic heterocycles. The lowest BCUT2D eigenvalue weighted by molar-refractivity contribution is 0.171. The molecule has 1 aliphatic heterocycles. The summed E-state index contributed by atoms with van der Waals surface area (Å²) in [4.78, 5) is 22.7. The number of carbonyl (C=O) groups is 2. The summed E-state index contributed by atoms with van der Waals surface area (Å²) in [5.74, 6) is 0. The van der Waals surface area contributed by atoms with Crippen molar-refractivity contribution in [2.45, 2.75) is 19.3 Å². The second-order valence-electron chi connectivity index (χ2n) is 2.78. The Morgan fingerprint density at radius 1 is 1.17 bits per heavy atom. The van der Waals surface area contributed by atoms with Crippen molar-refractivity contribution >= 4 is 12.1 Å². The molecule has 0 spiro atoms. The summed E-state index contributed by atoms with van der Waals surface area (Å²) in [6.45, 7) is 1.33. The van der Waals surface area contributed by atoms with Crippen LogP contribution in [0.3, 0.4) is 0 Å². The molecule has 12 heavy (non-hydrogen) atoms. The summed E-state index contributed by atoms with van der Waals surface area (Å²) >= 11 is 0. The third-order valence-corrected chi connectivity index (χ3v) is 1.86. The molecule has 3 amide bonds. The second kappa shape index (κ2) is 3.94. The number of rotatable bonds is 0. The van der Waals surface area contributed by atoms with E-state index in [1.165, 1.54) is 4.90 Å². The minimum absolute atomic E-state index is 0.498. The molecule has 2 N–H and O–H groups in total. The molecule has 1 heterocycles. The third kappa shape index (κ3) is 2.41. The Bertz CT molecular complexity index is 187. The molecular formula is C7H12N2O3. The Morgan fingerprint density at radius 3 is 2.25 bits per heavy atom. The standard InChI is InChI=1S/C7H12N2O3/c10-6(8-7(11)12)9-4-2-1-3-5-9/h1-5H2,(H,8,10)(H,11,12). The van der Waals surface area contributed by atoms with Gasteiger partial charge in [-0.2, -0.15) is 0 Å². The maximum Gasteiger partial charge on any atom is 0.412 e. The fraction of sp³-hybridized carbons (Fsp3) is 0.714. The maximum absolute atomic E-state index is 11.0. The van der Waals surface area contributed by atoms with Crippen molar-refractivity contribution in [3.8, 4) is 0 Å². The summed E-state index contributed by atoms with van der Waals surface area (Å²) in [6, 6.07) is -0.498. The molecule has 0 aliphatic carbocycles. The Kier molecular flexibility index (Phi) is 2.90. The average Bonchev–Trinajstić information content (AvgIpc) is 2.05. The van der Waals surface area contributed by atoms with Gasteiger partial charge in [0.15, 0.2) is 0 Å². The summed E-state index contributed by atoms with van der Waals surface area (Å²) in [5, 5.41) is 10.1. The van der Waals surface area contributed by atoms with Crippen LogP contribution >= 0.6 is 0 Å². The van der Waals surface area contributed by atoms with Crippen LogP contribution in [0.4, 0.5) is 9.59 Å². The van der Waals surface area contributed by atoms with Gasteiger partial charge in [0.2, 0.25) is 0 Å². The highest BCUT2D eigenvalue weighted by Crippen LogP contribution is 2.07. The summed E-state index contributed by atoms with van der Waals surface area (Å²) in [5.41, 5.74) is 0. The van der Waals surface area contributed by atoms with E-state index in [0.717, 1.165) is 19.3 Å². The Labute approximate surface area is 70.4 Å². The van der Waals surface area contributed by atoms with Gasteiger partial charge in [-0.3, -0.25) is 0 Å². The van der Waals surface area contributed by atoms with Crippen LogP contribution in [0.5, 0.6) is 0 Å². The van der Waals surface area contributed by atoms with Crippen LogP contribution in [0.1, 0.15) is 19.3 Å². The smallest absolute Gasteiger partial charge is 0.412 e. The number of nitrogens with zero attached hydrogens (tertiary/aromatic N) is 1. The normalized spacial score (nSPS) is 17.2. The number of hydrogen-bond acceptors (Lipinski definition) is 2. The molecule has 0 unspecified atom stereocenters. The van der Waals surface area contributed by atoms with Crippen molar-refractivity contribution in [3.05, 3.63) is 0 Å². The molecule has 0 bridgehead atoms. The van der Waals surface area contributed by atoms with Crippen molar-refractivity contribution < 1.29 is 14.7 Å². The van der Waals surface area contributed by atoms with E-state index >= 15 is 0 Å². The van der Waals surface area contributed by atoms with Crippen LogP contribution in [0.15, 0.2) is 0 Å². The zero-order chi connectivity index (χ0) is 8.97. The molecule has 0 aromatic carbocycles. The Balaban J connectivity index is 2.34. The lowest BCUT2D eigenvalue weighted by atomic mass is 10.1. The van der Waals surface area contributed by atoms with Gasteiger partial charge in [0.1, 0.15) is 0 Å². The lowest BCUT2D eigenvalue weighted by Crippen LogP contribution is -2.44. The van der Waals surface area contributed by atoms with Crippen LogP contribution < -0.4 is 5.32 Å². The number of nitrogens with one attached hydrogen (secondary N) is 1. The largest absolute Gasteiger partial charge is 0.465 e. The number of likely N-dealkylation sites (tertiary alicyclic amines) is 1. The topological polar surface area (TPSA) is 69.6 Å². The second-order valence-corrected chi connectivity index (χ2v) is 2.78. The van der Waals surface area contributed by atoms with Crippen molar-refractivity contribution in [3.63, 3.8) is 0 Å². The molecule has 5 nitrogen and oxygen atoms in total. The molecule has 5 heteroatoms. The molecular weight excluding hydrogens is 160 g/mol. The van der Waals surface area contributed by atoms with E-state index < -0.39 is 12.1 Å². The van der Waals surface area contributed by atoms with Gasteiger partial charge in [-0.25, -0.2) is 14.9 Å². The molecule has 0 atom stereocenters. The quantitative estimate of drug-likeness (QED) is 0.569. The monoisotopic (exact) mass is 172 g/mol. The van der Waals surface area contributed by atoms with Gasteiger partial charge in [-0.05, 0) is 19.3 Å². The number of amides is 3. The predicted octanol–water partition coefficient (Wildman–Crippen LogP) is 0.860. The van der Waals surface area contributed by atoms with E-state index in [2.05, 4.69) is 0 Å². The minimum atomic E-state index is -1.29. The SMILES string of the molecule is O=C(O)NC(=O)N1CCCCC1. The van der Waals surface area contributed by atoms with Crippen LogP contribution in [0.25, 0.3) is 0 Å². The van der Waals surface area contributed by atoms with Crippen LogP contribution in [-0.4, -0.2) is 35.2 Å². The highest BCUT2D eigenvalue weighted by molar-refractivity contribution is 5.89. The average molecular weight is 172 g/mol. The minimum Gasteiger partial charge on any atom is -0.465 e. The zero-order valence-electron chi connectivity index (χ0n) is 6.75. The fourth-order valence-electron chi connectivity index (χ4n) is 1.27. The van der Waals surface area contributed by atoms with Gasteiger partial charge in [-0.1, -0.05) is 0 Å². The zero-order valence-corrected chi connectivity index (χ0v) is 6.75. The van der Waals surface area contributed by atoms with E-state index in [4.69, 9.17) is 5.11 Å². The molecule has 0 saturated carbocycles. The van der Waals surface area contributed by atoms with Gasteiger partial charge >= 0.3 is 12.1 Å². The molecule has 68 valence electrons. The molecule has 0 radical (unpaired) electrons. The van der Waals surface area contributed by atoms with Gasteiger partial charge in [0.25, 0.3) is 0 Å². The van der Waals surface area contributed by atoms with Crippen molar-refractivity contribution in [2.24, 2.45) is 0 Å². The van der Waals surface area contributed by atoms with Crippen LogP contribution in [-0.2, 0) is 0 Å². The number of carboxylic acid groups (broad SMARTS) is 1. The first-order valence-corrected chi connectivity index (χ1v) is 3.99. The van der Waals surface area contributed by atoms with E-state index in [9.17, 15) is 9.59 Å². The van der Waals surface area contributed by atoms with Crippen molar-refractivity contribution in [1.82, 2.24) is 10.2 Å². The molecule has 1 saturated heterocycles. The molecule has 1 rings (SSSR count). The molecule has 0 aromatic rings. The Hall–Kier alpha value is -1.26. The summed E-state index contributed by atoms with van der Waals surface area (Å²) in [6.07, 6.45) is 1.77. The van der Waals surface area contributed by atoms with E-state index in [0.29, 0.717) is 13.1 Å². The van der Waals surface area contributed by atoms with Crippen molar-refractivity contribution in [2.75, 3.05) is 13.1 Å². The van der Waals surface area contributed by atoms with Gasteiger partial charge < -0.3 is 10.0 Å². The molecule has 1 fully saturated rings. The predicted molar refractivity (Wildman–Crippen MR) is 42.0 cm³/mol. The third-order valence-electron chi connectivity index (χ3n) is 1.86. The molecule has 1 aliphatic rings. The van der Waals surface area contributed by atoms with Crippen molar-refractivity contribution in [1.29, 1.82) is 0 Å². The number of carbonyl (C=O) groups excluding carboxylic acids is 1. The first kappa shape index (κ1) is 8.83. The van der Waals surface area contributed by atoms with Gasteiger partial charge in [-0.15, -0.1) is 0 Å². The number of piperidine rings is 1. The maximum atomic E-state index is 11.0. The summed E-state index contributed by atoms with van der Waals surface area (Å²) < 4.78 is 0. The number of urea groups is 1. The first-order valence-electron chi connectivity index (χ1n) is 3.99. The highest BCUT2D eigenvalue weighted by Gasteiger charge is 2.17. The Morgan fingerprint density at radius 2 is 1.75 bits per heavy atom. The van der Waals surface area contributed by atoms with Crippen LogP contribution in [0, 0.1) is 0 Å². The number of imide groups is 1. The highest BCUT2D eigenvalue weighted by atomic mass is 16.4. The van der Waals surface area contributed by atoms with Gasteiger partial charge in [0.05, 0.1) is 0 Å². The summed E-state index contributed by atoms with van der Waals surface area (Å²) in [7, 11) is 0. The van der Waals surface area contributed by atoms with Crippen LogP contribution in [0.2, 0.25) is 0 Å².